The van der Waals surface area contributed by atoms with E-state index in [0.717, 1.165) is 78.6 Å². The fraction of sp³-hybridized carbons (Fsp3) is 0.186. The minimum absolute atomic E-state index is 0.116. The van der Waals surface area contributed by atoms with E-state index in [1.165, 1.54) is 0 Å². The summed E-state index contributed by atoms with van der Waals surface area (Å²) in [6.07, 6.45) is 0. The first-order valence-corrected chi connectivity index (χ1v) is 22.5. The van der Waals surface area contributed by atoms with Crippen molar-refractivity contribution in [3.63, 3.8) is 0 Å². The zero-order valence-corrected chi connectivity index (χ0v) is 40.0. The Bertz CT molecular complexity index is 2630. The molecule has 0 saturated carbocycles. The lowest BCUT2D eigenvalue weighted by molar-refractivity contribution is -0.141. The van der Waals surface area contributed by atoms with E-state index in [0.29, 0.717) is 22.3 Å². The van der Waals surface area contributed by atoms with Crippen LogP contribution in [0.1, 0.15) is 74.9 Å². The Kier molecular flexibility index (Phi) is 14.6. The molecule has 7 rings (SSSR count). The van der Waals surface area contributed by atoms with Crippen molar-refractivity contribution in [2.45, 2.75) is 73.4 Å². The van der Waals surface area contributed by atoms with Crippen LogP contribution in [-0.4, -0.2) is 23.9 Å². The van der Waals surface area contributed by atoms with Gasteiger partial charge in [0.25, 0.3) is 0 Å². The number of hydrogen-bond acceptors (Lipinski definition) is 10. The van der Waals surface area contributed by atoms with E-state index in [9.17, 15) is 19.2 Å². The van der Waals surface area contributed by atoms with Crippen LogP contribution in [0.5, 0.6) is 0 Å². The molecule has 0 amide bonds. The Morgan fingerprint density at radius 3 is 0.812 bits per heavy atom. The van der Waals surface area contributed by atoms with Gasteiger partial charge in [0.05, 0.1) is 0 Å². The number of carbonyl (C=O) groups is 4. The van der Waals surface area contributed by atoms with E-state index in [2.05, 4.69) is 86.4 Å². The highest BCUT2D eigenvalue weighted by Gasteiger charge is 2.37. The topological polar surface area (TPSA) is 112 Å². The second-order valence-electron chi connectivity index (χ2n) is 17.8. The number of esters is 4. The fourth-order valence-corrected chi connectivity index (χ4v) is 7.94. The summed E-state index contributed by atoms with van der Waals surface area (Å²) >= 11 is 0. The molecule has 0 saturated heterocycles. The Morgan fingerprint density at radius 2 is 0.594 bits per heavy atom. The van der Waals surface area contributed by atoms with Gasteiger partial charge in [-0.05, 0) is 145 Å². The van der Waals surface area contributed by atoms with E-state index in [4.69, 9.17) is 18.9 Å². The summed E-state index contributed by atoms with van der Waals surface area (Å²) in [5, 5.41) is 0. The molecule has 0 bridgehead atoms. The summed E-state index contributed by atoms with van der Waals surface area (Å²) < 4.78 is 21.7. The molecular formula is C59H56N2O8. The minimum Gasteiger partial charge on any atom is -0.457 e. The molecule has 0 atom stereocenters. The summed E-state index contributed by atoms with van der Waals surface area (Å²) in [4.78, 5) is 52.9. The van der Waals surface area contributed by atoms with Crippen molar-refractivity contribution >= 4 is 58.0 Å². The van der Waals surface area contributed by atoms with Gasteiger partial charge >= 0.3 is 23.9 Å². The molecule has 6 aromatic rings. The van der Waals surface area contributed by atoms with Gasteiger partial charge in [-0.25, -0.2) is 19.2 Å². The third kappa shape index (κ3) is 11.1. The molecule has 0 unspecified atom stereocenters. The summed E-state index contributed by atoms with van der Waals surface area (Å²) in [5.74, 6) is -1.78. The number of anilines is 6. The van der Waals surface area contributed by atoms with E-state index in [1.807, 2.05) is 97.1 Å². The average Bonchev–Trinajstić information content (AvgIpc) is 3.56. The van der Waals surface area contributed by atoms with Crippen molar-refractivity contribution in [2.24, 2.45) is 0 Å². The van der Waals surface area contributed by atoms with Crippen LogP contribution in [0.25, 0.3) is 11.1 Å². The average molecular weight is 921 g/mol. The second kappa shape index (κ2) is 20.7. The predicted octanol–water partition coefficient (Wildman–Crippen LogP) is 13.4. The van der Waals surface area contributed by atoms with Gasteiger partial charge in [0, 0.05) is 61.8 Å². The van der Waals surface area contributed by atoms with Gasteiger partial charge in [0.1, 0.15) is 26.4 Å². The van der Waals surface area contributed by atoms with Crippen molar-refractivity contribution in [1.29, 1.82) is 0 Å². The SMILES string of the molecule is C=C(C)C(=O)OCc1ccc(N(c2ccc(COC(=O)C(=C)C)cc2)c2ccc3c(c2)C(C)(C)c2cc(N(c4ccc(COC(=O)C(=C)C)cc4)c4ccc(COC(=O)C(=C)C)cc4)ccc2-3)cc1. The van der Waals surface area contributed by atoms with Crippen molar-refractivity contribution in [3.8, 4) is 11.1 Å². The predicted molar refractivity (Wildman–Crippen MR) is 272 cm³/mol. The largest absolute Gasteiger partial charge is 0.457 e. The first-order chi connectivity index (χ1) is 32.9. The van der Waals surface area contributed by atoms with Crippen LogP contribution in [0.2, 0.25) is 0 Å². The van der Waals surface area contributed by atoms with Crippen molar-refractivity contribution in [3.05, 3.63) is 215 Å². The van der Waals surface area contributed by atoms with Gasteiger partial charge in [-0.1, -0.05) is 101 Å². The number of fused-ring (bicyclic) bond motifs is 3. The highest BCUT2D eigenvalue weighted by Crippen LogP contribution is 2.52. The molecule has 0 heterocycles. The smallest absolute Gasteiger partial charge is 0.333 e. The minimum atomic E-state index is -0.444. The number of rotatable bonds is 18. The first-order valence-electron chi connectivity index (χ1n) is 22.5. The number of nitrogens with zero attached hydrogens (tertiary/aromatic N) is 2. The molecule has 1 aliphatic rings. The van der Waals surface area contributed by atoms with Crippen molar-refractivity contribution in [1.82, 2.24) is 0 Å². The molecule has 0 N–H and O–H groups in total. The number of benzene rings is 6. The van der Waals surface area contributed by atoms with Gasteiger partial charge < -0.3 is 28.7 Å². The van der Waals surface area contributed by atoms with Gasteiger partial charge in [-0.3, -0.25) is 0 Å². The summed E-state index contributed by atoms with van der Waals surface area (Å²) in [6.45, 7) is 26.2. The fourth-order valence-electron chi connectivity index (χ4n) is 7.94. The lowest BCUT2D eigenvalue weighted by Gasteiger charge is -2.29. The maximum Gasteiger partial charge on any atom is 0.333 e. The number of carbonyl (C=O) groups excluding carboxylic acids is 4. The van der Waals surface area contributed by atoms with Crippen molar-refractivity contribution in [2.75, 3.05) is 9.80 Å². The Hall–Kier alpha value is -8.24. The van der Waals surface area contributed by atoms with Gasteiger partial charge in [-0.15, -0.1) is 0 Å². The third-order valence-corrected chi connectivity index (χ3v) is 11.8. The van der Waals surface area contributed by atoms with Crippen LogP contribution in [0.4, 0.5) is 34.1 Å². The normalized spacial score (nSPS) is 11.9. The Morgan fingerprint density at radius 1 is 0.377 bits per heavy atom. The molecule has 0 aromatic heterocycles. The number of hydrogen-bond donors (Lipinski definition) is 0. The zero-order chi connectivity index (χ0) is 49.6. The molecular weight excluding hydrogens is 865 g/mol. The standard InChI is InChI=1S/C59H56N2O8/c1-37(2)55(62)66-33-41-11-19-45(20-12-41)60(46-21-13-42(14-22-46)34-67-56(63)38(3)4)49-27-29-51-52-30-28-50(32-54(52)59(9,10)53(51)31-49)61(47-23-15-43(16-24-47)35-68-57(64)39(5)6)48-25-17-44(18-26-48)36-69-58(65)40(7)8/h11-32H,1,3,5,7,33-36H2,2,4,6,8-10H3. The van der Waals surface area contributed by atoms with E-state index < -0.39 is 29.3 Å². The van der Waals surface area contributed by atoms with Gasteiger partial charge in [-0.2, -0.15) is 0 Å². The molecule has 350 valence electrons. The molecule has 10 nitrogen and oxygen atoms in total. The molecule has 0 radical (unpaired) electrons. The molecule has 0 spiro atoms. The monoisotopic (exact) mass is 920 g/mol. The first kappa shape index (κ1) is 48.7. The third-order valence-electron chi connectivity index (χ3n) is 11.8. The molecule has 0 aliphatic heterocycles. The molecule has 69 heavy (non-hydrogen) atoms. The van der Waals surface area contributed by atoms with Crippen LogP contribution >= 0.6 is 0 Å². The highest BCUT2D eigenvalue weighted by molar-refractivity contribution is 5.90. The Balaban J connectivity index is 1.24. The van der Waals surface area contributed by atoms with Crippen LogP contribution in [0.15, 0.2) is 182 Å². The van der Waals surface area contributed by atoms with E-state index in [1.54, 1.807) is 27.7 Å². The quantitative estimate of drug-likeness (QED) is 0.0469. The highest BCUT2D eigenvalue weighted by atomic mass is 16.5. The molecule has 10 heteroatoms. The molecule has 6 aromatic carbocycles. The van der Waals surface area contributed by atoms with E-state index >= 15 is 0 Å². The van der Waals surface area contributed by atoms with Gasteiger partial charge in [0.15, 0.2) is 0 Å². The summed E-state index contributed by atoms with van der Waals surface area (Å²) in [7, 11) is 0. The lowest BCUT2D eigenvalue weighted by Crippen LogP contribution is -2.18. The summed E-state index contributed by atoms with van der Waals surface area (Å²) in [6, 6.07) is 44.7. The Labute approximate surface area is 404 Å². The van der Waals surface area contributed by atoms with Crippen LogP contribution in [-0.2, 0) is 70.0 Å². The maximum absolute atomic E-state index is 12.2. The van der Waals surface area contributed by atoms with Crippen molar-refractivity contribution < 1.29 is 38.1 Å². The maximum atomic E-state index is 12.2. The van der Waals surface area contributed by atoms with E-state index in [-0.39, 0.29) is 26.4 Å². The van der Waals surface area contributed by atoms with Crippen LogP contribution in [0.3, 0.4) is 0 Å². The summed E-state index contributed by atoms with van der Waals surface area (Å²) in [5.41, 5.74) is 14.2. The van der Waals surface area contributed by atoms with Crippen LogP contribution in [0, 0.1) is 0 Å². The van der Waals surface area contributed by atoms with Crippen LogP contribution < -0.4 is 9.80 Å². The second-order valence-corrected chi connectivity index (χ2v) is 17.8. The molecule has 0 fully saturated rings. The lowest BCUT2D eigenvalue weighted by atomic mass is 9.82. The van der Waals surface area contributed by atoms with Gasteiger partial charge in [0.2, 0.25) is 0 Å². The zero-order valence-electron chi connectivity index (χ0n) is 40.0. The number of ether oxygens (including phenoxy) is 4. The molecule has 1 aliphatic carbocycles.